The van der Waals surface area contributed by atoms with E-state index in [2.05, 4.69) is 26.1 Å². The minimum atomic E-state index is -0.381. The number of amides is 3. The van der Waals surface area contributed by atoms with Gasteiger partial charge in [0.05, 0.1) is 0 Å². The molecule has 4 N–H and O–H groups in total. The quantitative estimate of drug-likeness (QED) is 0.698. The van der Waals surface area contributed by atoms with Crippen LogP contribution in [0.4, 0.5) is 22.0 Å². The Labute approximate surface area is 127 Å². The fraction of sp³-hybridized carbons (Fsp3) is 0.267. The number of anilines is 3. The molecule has 0 atom stereocenters. The van der Waals surface area contributed by atoms with Crippen molar-refractivity contribution >= 4 is 29.1 Å². The number of hydrogen-bond donors (Lipinski definition) is 4. The molecule has 7 heteroatoms. The molecular formula is C15H17N5O2. The number of urea groups is 1. The van der Waals surface area contributed by atoms with Gasteiger partial charge >= 0.3 is 6.03 Å². The van der Waals surface area contributed by atoms with E-state index in [9.17, 15) is 9.59 Å². The molecule has 22 heavy (non-hydrogen) atoms. The smallest absolute Gasteiger partial charge is 0.324 e. The third kappa shape index (κ3) is 3.63. The van der Waals surface area contributed by atoms with E-state index in [1.54, 1.807) is 24.3 Å². The summed E-state index contributed by atoms with van der Waals surface area (Å²) >= 11 is 0. The second kappa shape index (κ2) is 5.88. The van der Waals surface area contributed by atoms with Crippen LogP contribution in [-0.4, -0.2) is 22.1 Å². The van der Waals surface area contributed by atoms with E-state index in [1.165, 1.54) is 19.8 Å². The summed E-state index contributed by atoms with van der Waals surface area (Å²) in [6.45, 7) is 1.43. The lowest BCUT2D eigenvalue weighted by Crippen LogP contribution is -2.19. The molecule has 0 radical (unpaired) electrons. The summed E-state index contributed by atoms with van der Waals surface area (Å²) in [4.78, 5) is 23.0. The molecule has 1 heterocycles. The molecule has 0 aliphatic heterocycles. The Balaban J connectivity index is 1.59. The third-order valence-electron chi connectivity index (χ3n) is 3.30. The summed E-state index contributed by atoms with van der Waals surface area (Å²) in [6, 6.07) is 8.40. The highest BCUT2D eigenvalue weighted by molar-refractivity contribution is 5.99. The first-order valence-electron chi connectivity index (χ1n) is 7.11. The number of nitrogens with one attached hydrogen (secondary N) is 4. The van der Waals surface area contributed by atoms with Crippen molar-refractivity contribution in [1.82, 2.24) is 10.2 Å². The molecule has 114 valence electrons. The highest BCUT2D eigenvalue weighted by Gasteiger charge is 2.25. The van der Waals surface area contributed by atoms with Crippen LogP contribution in [0.1, 0.15) is 31.4 Å². The fourth-order valence-electron chi connectivity index (χ4n) is 2.16. The summed E-state index contributed by atoms with van der Waals surface area (Å²) in [5.41, 5.74) is 2.27. The van der Waals surface area contributed by atoms with Gasteiger partial charge in [0.25, 0.3) is 0 Å². The van der Waals surface area contributed by atoms with Crippen molar-refractivity contribution in [2.24, 2.45) is 0 Å². The van der Waals surface area contributed by atoms with Gasteiger partial charge in [-0.2, -0.15) is 5.10 Å². The van der Waals surface area contributed by atoms with Crippen molar-refractivity contribution in [3.63, 3.8) is 0 Å². The van der Waals surface area contributed by atoms with E-state index >= 15 is 0 Å². The van der Waals surface area contributed by atoms with Crippen molar-refractivity contribution in [1.29, 1.82) is 0 Å². The zero-order valence-electron chi connectivity index (χ0n) is 12.1. The third-order valence-corrected chi connectivity index (χ3v) is 3.30. The first-order valence-corrected chi connectivity index (χ1v) is 7.11. The first kappa shape index (κ1) is 14.1. The van der Waals surface area contributed by atoms with E-state index < -0.39 is 0 Å². The Morgan fingerprint density at radius 2 is 1.86 bits per heavy atom. The summed E-state index contributed by atoms with van der Waals surface area (Å²) in [6.07, 6.45) is 2.34. The molecule has 1 fully saturated rings. The van der Waals surface area contributed by atoms with Gasteiger partial charge in [0, 0.05) is 36.0 Å². The molecule has 1 saturated carbocycles. The molecular weight excluding hydrogens is 282 g/mol. The van der Waals surface area contributed by atoms with Crippen LogP contribution in [0.3, 0.4) is 0 Å². The van der Waals surface area contributed by atoms with Gasteiger partial charge in [0.15, 0.2) is 5.82 Å². The van der Waals surface area contributed by atoms with Crippen LogP contribution in [-0.2, 0) is 4.79 Å². The molecule has 0 bridgehead atoms. The maximum atomic E-state index is 11.9. The largest absolute Gasteiger partial charge is 0.326 e. The number of aromatic nitrogens is 2. The second-order valence-corrected chi connectivity index (χ2v) is 5.32. The molecule has 3 amide bonds. The minimum absolute atomic E-state index is 0.161. The number of H-pyrrole nitrogens is 1. The van der Waals surface area contributed by atoms with Crippen molar-refractivity contribution in [2.45, 2.75) is 25.7 Å². The average Bonchev–Trinajstić information content (AvgIpc) is 3.19. The van der Waals surface area contributed by atoms with Crippen molar-refractivity contribution < 1.29 is 9.59 Å². The number of benzene rings is 1. The van der Waals surface area contributed by atoms with Crippen LogP contribution >= 0.6 is 0 Å². The highest BCUT2D eigenvalue weighted by Crippen LogP contribution is 2.39. The topological polar surface area (TPSA) is 98.9 Å². The monoisotopic (exact) mass is 299 g/mol. The predicted molar refractivity (Wildman–Crippen MR) is 83.9 cm³/mol. The summed E-state index contributed by atoms with van der Waals surface area (Å²) in [5, 5.41) is 15.0. The number of nitrogens with zero attached hydrogens (tertiary/aromatic N) is 1. The molecule has 0 unspecified atom stereocenters. The Morgan fingerprint density at radius 3 is 2.55 bits per heavy atom. The van der Waals surface area contributed by atoms with Crippen LogP contribution in [0.2, 0.25) is 0 Å². The van der Waals surface area contributed by atoms with Gasteiger partial charge in [-0.1, -0.05) is 6.07 Å². The van der Waals surface area contributed by atoms with Gasteiger partial charge in [-0.25, -0.2) is 4.79 Å². The van der Waals surface area contributed by atoms with Gasteiger partial charge in [-0.3, -0.25) is 15.2 Å². The lowest BCUT2D eigenvalue weighted by Gasteiger charge is -2.07. The van der Waals surface area contributed by atoms with Gasteiger partial charge < -0.3 is 10.6 Å². The summed E-state index contributed by atoms with van der Waals surface area (Å²) in [5.74, 6) is 0.892. The van der Waals surface area contributed by atoms with E-state index in [4.69, 9.17) is 0 Å². The minimum Gasteiger partial charge on any atom is -0.326 e. The standard InChI is InChI=1S/C15H17N5O2/c1-9(21)16-11-3-2-4-12(7-11)17-15(22)18-14-8-13(19-20-14)10-5-6-10/h2-4,7-8,10H,5-6H2,1H3,(H,16,21)(H3,17,18,19,20,22). The molecule has 3 rings (SSSR count). The molecule has 7 nitrogen and oxygen atoms in total. The van der Waals surface area contributed by atoms with Crippen LogP contribution < -0.4 is 16.0 Å². The number of aromatic amines is 1. The van der Waals surface area contributed by atoms with Crippen molar-refractivity contribution in [3.8, 4) is 0 Å². The second-order valence-electron chi connectivity index (χ2n) is 5.32. The lowest BCUT2D eigenvalue weighted by molar-refractivity contribution is -0.114. The summed E-state index contributed by atoms with van der Waals surface area (Å²) in [7, 11) is 0. The Kier molecular flexibility index (Phi) is 3.78. The number of carbonyl (C=O) groups excluding carboxylic acids is 2. The van der Waals surface area contributed by atoms with Crippen LogP contribution in [0.15, 0.2) is 30.3 Å². The van der Waals surface area contributed by atoms with Gasteiger partial charge in [-0.15, -0.1) is 0 Å². The molecule has 0 saturated heterocycles. The molecule has 0 spiro atoms. The normalized spacial score (nSPS) is 13.5. The number of rotatable bonds is 4. The molecule has 1 aliphatic rings. The zero-order valence-corrected chi connectivity index (χ0v) is 12.1. The van der Waals surface area contributed by atoms with Crippen LogP contribution in [0, 0.1) is 0 Å². The first-order chi connectivity index (χ1) is 10.6. The number of hydrogen-bond acceptors (Lipinski definition) is 3. The number of carbonyl (C=O) groups is 2. The maximum absolute atomic E-state index is 11.9. The van der Waals surface area contributed by atoms with E-state index in [-0.39, 0.29) is 11.9 Å². The molecule has 1 aromatic heterocycles. The van der Waals surface area contributed by atoms with E-state index in [0.717, 1.165) is 5.69 Å². The zero-order chi connectivity index (χ0) is 15.5. The van der Waals surface area contributed by atoms with Gasteiger partial charge in [-0.05, 0) is 31.0 Å². The van der Waals surface area contributed by atoms with E-state index in [0.29, 0.717) is 23.1 Å². The van der Waals surface area contributed by atoms with Crippen molar-refractivity contribution in [3.05, 3.63) is 36.0 Å². The fourth-order valence-corrected chi connectivity index (χ4v) is 2.16. The molecule has 1 aromatic carbocycles. The Morgan fingerprint density at radius 1 is 1.14 bits per heavy atom. The van der Waals surface area contributed by atoms with E-state index in [1.807, 2.05) is 6.07 Å². The average molecular weight is 299 g/mol. The molecule has 2 aromatic rings. The SMILES string of the molecule is CC(=O)Nc1cccc(NC(=O)Nc2cc(C3CC3)[nH]n2)c1. The van der Waals surface area contributed by atoms with Gasteiger partial charge in [0.2, 0.25) is 5.91 Å². The van der Waals surface area contributed by atoms with Crippen LogP contribution in [0.5, 0.6) is 0 Å². The summed E-state index contributed by atoms with van der Waals surface area (Å²) < 4.78 is 0. The van der Waals surface area contributed by atoms with Gasteiger partial charge in [0.1, 0.15) is 0 Å². The molecule has 1 aliphatic carbocycles. The Bertz CT molecular complexity index is 705. The van der Waals surface area contributed by atoms with Crippen LogP contribution in [0.25, 0.3) is 0 Å². The lowest BCUT2D eigenvalue weighted by atomic mass is 10.2. The van der Waals surface area contributed by atoms with Crippen molar-refractivity contribution in [2.75, 3.05) is 16.0 Å². The predicted octanol–water partition coefficient (Wildman–Crippen LogP) is 2.89. The maximum Gasteiger partial charge on any atom is 0.324 e. The Hall–Kier alpha value is -2.83. The highest BCUT2D eigenvalue weighted by atomic mass is 16.2.